The first-order valence-corrected chi connectivity index (χ1v) is 8.38. The molecule has 0 bridgehead atoms. The molecule has 0 saturated heterocycles. The summed E-state index contributed by atoms with van der Waals surface area (Å²) in [5.74, 6) is -0.260. The van der Waals surface area contributed by atoms with Gasteiger partial charge in [-0.25, -0.2) is 5.43 Å². The number of carbonyl (C=O) groups excluding carboxylic acids is 1. The minimum atomic E-state index is -0.260. The number of nitrogens with zero attached hydrogens (tertiary/aromatic N) is 4. The van der Waals surface area contributed by atoms with E-state index in [0.29, 0.717) is 17.8 Å². The van der Waals surface area contributed by atoms with Gasteiger partial charge < -0.3 is 0 Å². The largest absolute Gasteiger partial charge is 0.271 e. The lowest BCUT2D eigenvalue weighted by Gasteiger charge is -2.06. The smallest absolute Gasteiger partial charge is 0.267 e. The Morgan fingerprint density at radius 1 is 1.12 bits per heavy atom. The topological polar surface area (TPSA) is 72.2 Å². The Hall–Kier alpha value is -3.28. The highest BCUT2D eigenvalue weighted by atomic mass is 16.2. The molecule has 0 unspecified atom stereocenters. The van der Waals surface area contributed by atoms with E-state index in [2.05, 4.69) is 20.6 Å². The number of hydrogen-bond donors (Lipinski definition) is 1. The third-order valence-electron chi connectivity index (χ3n) is 3.90. The number of pyridine rings is 1. The van der Waals surface area contributed by atoms with Gasteiger partial charge in [-0.3, -0.25) is 14.5 Å². The van der Waals surface area contributed by atoms with Crippen LogP contribution in [0.2, 0.25) is 0 Å². The molecule has 0 aliphatic carbocycles. The number of benzene rings is 1. The second-order valence-corrected chi connectivity index (χ2v) is 6.19. The highest BCUT2D eigenvalue weighted by Gasteiger charge is 2.07. The van der Waals surface area contributed by atoms with E-state index in [-0.39, 0.29) is 5.91 Å². The molecule has 0 saturated carbocycles. The lowest BCUT2D eigenvalue weighted by atomic mass is 10.1. The van der Waals surface area contributed by atoms with Gasteiger partial charge in [0.05, 0.1) is 24.1 Å². The van der Waals surface area contributed by atoms with Gasteiger partial charge >= 0.3 is 0 Å². The highest BCUT2D eigenvalue weighted by Crippen LogP contribution is 2.10. The molecular formula is C20H21N5O. The Kier molecular flexibility index (Phi) is 5.22. The zero-order valence-corrected chi connectivity index (χ0v) is 15.1. The third-order valence-corrected chi connectivity index (χ3v) is 3.90. The Bertz CT molecular complexity index is 958. The number of nitrogens with one attached hydrogen (secondary N) is 1. The summed E-state index contributed by atoms with van der Waals surface area (Å²) in [5.41, 5.74) is 7.77. The van der Waals surface area contributed by atoms with E-state index in [4.69, 9.17) is 0 Å². The number of aryl methyl sites for hydroxylation is 3. The predicted octanol–water partition coefficient (Wildman–Crippen LogP) is 3.02. The minimum Gasteiger partial charge on any atom is -0.267 e. The van der Waals surface area contributed by atoms with E-state index < -0.39 is 0 Å². The maximum atomic E-state index is 12.3. The van der Waals surface area contributed by atoms with Crippen molar-refractivity contribution in [3.8, 4) is 0 Å². The van der Waals surface area contributed by atoms with Crippen LogP contribution >= 0.6 is 0 Å². The molecule has 0 spiro atoms. The van der Waals surface area contributed by atoms with Gasteiger partial charge in [0.1, 0.15) is 0 Å². The third kappa shape index (κ3) is 4.42. The molecule has 0 radical (unpaired) electrons. The quantitative estimate of drug-likeness (QED) is 0.570. The second kappa shape index (κ2) is 7.74. The van der Waals surface area contributed by atoms with Crippen LogP contribution in [0.1, 0.15) is 38.7 Å². The summed E-state index contributed by atoms with van der Waals surface area (Å²) < 4.78 is 1.92. The van der Waals surface area contributed by atoms with Gasteiger partial charge in [0.2, 0.25) is 0 Å². The summed E-state index contributed by atoms with van der Waals surface area (Å²) in [4.78, 5) is 16.6. The van der Waals surface area contributed by atoms with Gasteiger partial charge in [-0.15, -0.1) is 0 Å². The van der Waals surface area contributed by atoms with Gasteiger partial charge in [-0.1, -0.05) is 18.2 Å². The number of hydrazone groups is 1. The number of rotatable bonds is 5. The minimum absolute atomic E-state index is 0.260. The SMILES string of the molecule is Cc1cccc(/C=N\NC(=O)c2cccc(Cn3nc(C)cc3C)c2)n1. The summed E-state index contributed by atoms with van der Waals surface area (Å²) in [5, 5.41) is 8.44. The number of amides is 1. The highest BCUT2D eigenvalue weighted by molar-refractivity contribution is 5.94. The van der Waals surface area contributed by atoms with Gasteiger partial charge in [0.25, 0.3) is 5.91 Å². The summed E-state index contributed by atoms with van der Waals surface area (Å²) in [7, 11) is 0. The van der Waals surface area contributed by atoms with E-state index in [0.717, 1.165) is 22.6 Å². The molecule has 132 valence electrons. The van der Waals surface area contributed by atoms with Crippen LogP contribution < -0.4 is 5.43 Å². The van der Waals surface area contributed by atoms with E-state index >= 15 is 0 Å². The molecule has 1 aromatic carbocycles. The van der Waals surface area contributed by atoms with Crippen molar-refractivity contribution in [3.63, 3.8) is 0 Å². The first-order valence-electron chi connectivity index (χ1n) is 8.38. The second-order valence-electron chi connectivity index (χ2n) is 6.19. The molecule has 3 rings (SSSR count). The van der Waals surface area contributed by atoms with E-state index in [1.54, 1.807) is 6.07 Å². The van der Waals surface area contributed by atoms with Crippen molar-refractivity contribution in [2.45, 2.75) is 27.3 Å². The van der Waals surface area contributed by atoms with Gasteiger partial charge in [-0.05, 0) is 56.7 Å². The van der Waals surface area contributed by atoms with Crippen LogP contribution in [0.25, 0.3) is 0 Å². The van der Waals surface area contributed by atoms with E-state index in [1.165, 1.54) is 6.21 Å². The summed E-state index contributed by atoms with van der Waals surface area (Å²) in [6.45, 7) is 6.51. The lowest BCUT2D eigenvalue weighted by Crippen LogP contribution is -2.18. The maximum Gasteiger partial charge on any atom is 0.271 e. The molecule has 6 nitrogen and oxygen atoms in total. The Morgan fingerprint density at radius 2 is 1.92 bits per heavy atom. The normalized spacial score (nSPS) is 11.0. The van der Waals surface area contributed by atoms with Gasteiger partial charge in [-0.2, -0.15) is 10.2 Å². The fourth-order valence-electron chi connectivity index (χ4n) is 2.68. The van der Waals surface area contributed by atoms with Crippen LogP contribution in [0.3, 0.4) is 0 Å². The number of aromatic nitrogens is 3. The number of hydrogen-bond acceptors (Lipinski definition) is 4. The fourth-order valence-corrected chi connectivity index (χ4v) is 2.68. The van der Waals surface area contributed by atoms with Crippen molar-refractivity contribution in [1.82, 2.24) is 20.2 Å². The molecule has 26 heavy (non-hydrogen) atoms. The molecule has 0 aliphatic heterocycles. The van der Waals surface area contributed by atoms with E-state index in [9.17, 15) is 4.79 Å². The predicted molar refractivity (Wildman–Crippen MR) is 101 cm³/mol. The maximum absolute atomic E-state index is 12.3. The lowest BCUT2D eigenvalue weighted by molar-refractivity contribution is 0.0955. The zero-order chi connectivity index (χ0) is 18.5. The zero-order valence-electron chi connectivity index (χ0n) is 15.1. The van der Waals surface area contributed by atoms with Crippen molar-refractivity contribution in [2.24, 2.45) is 5.10 Å². The fraction of sp³-hybridized carbons (Fsp3) is 0.200. The van der Waals surface area contributed by atoms with Crippen LogP contribution in [-0.4, -0.2) is 26.9 Å². The van der Waals surface area contributed by atoms with Gasteiger partial charge in [0, 0.05) is 17.0 Å². The van der Waals surface area contributed by atoms with Crippen LogP contribution in [0, 0.1) is 20.8 Å². The molecule has 1 amide bonds. The molecule has 1 N–H and O–H groups in total. The Labute approximate surface area is 152 Å². The van der Waals surface area contributed by atoms with Crippen molar-refractivity contribution in [1.29, 1.82) is 0 Å². The Morgan fingerprint density at radius 3 is 2.65 bits per heavy atom. The Balaban J connectivity index is 1.67. The molecule has 0 atom stereocenters. The average Bonchev–Trinajstić information content (AvgIpc) is 2.92. The molecule has 2 aromatic heterocycles. The molecule has 0 fully saturated rings. The number of carbonyl (C=O) groups is 1. The van der Waals surface area contributed by atoms with Crippen LogP contribution in [0.5, 0.6) is 0 Å². The van der Waals surface area contributed by atoms with Crippen molar-refractivity contribution in [3.05, 3.63) is 82.4 Å². The van der Waals surface area contributed by atoms with Crippen molar-refractivity contribution in [2.75, 3.05) is 0 Å². The standard InChI is InChI=1S/C20H21N5O/c1-14-6-4-9-19(22-14)12-21-23-20(26)18-8-5-7-17(11-18)13-25-16(3)10-15(2)24-25/h4-12H,13H2,1-3H3,(H,23,26)/b21-12-. The van der Waals surface area contributed by atoms with Crippen molar-refractivity contribution >= 4 is 12.1 Å². The molecule has 2 heterocycles. The molecule has 6 heteroatoms. The van der Waals surface area contributed by atoms with Crippen LogP contribution in [-0.2, 0) is 6.54 Å². The average molecular weight is 347 g/mol. The first-order chi connectivity index (χ1) is 12.5. The summed E-state index contributed by atoms with van der Waals surface area (Å²) in [6.07, 6.45) is 1.53. The van der Waals surface area contributed by atoms with Crippen LogP contribution in [0.4, 0.5) is 0 Å². The molecule has 0 aliphatic rings. The molecular weight excluding hydrogens is 326 g/mol. The summed E-state index contributed by atoms with van der Waals surface area (Å²) in [6, 6.07) is 15.1. The summed E-state index contributed by atoms with van der Waals surface area (Å²) >= 11 is 0. The van der Waals surface area contributed by atoms with Gasteiger partial charge in [0.15, 0.2) is 0 Å². The van der Waals surface area contributed by atoms with Crippen molar-refractivity contribution < 1.29 is 4.79 Å². The first kappa shape index (κ1) is 17.5. The van der Waals surface area contributed by atoms with E-state index in [1.807, 2.05) is 67.9 Å². The van der Waals surface area contributed by atoms with Crippen LogP contribution in [0.15, 0.2) is 53.6 Å². The monoisotopic (exact) mass is 347 g/mol. The molecule has 3 aromatic rings.